The highest BCUT2D eigenvalue weighted by Gasteiger charge is 2.19. The predicted molar refractivity (Wildman–Crippen MR) is 102 cm³/mol. The van der Waals surface area contributed by atoms with Crippen LogP contribution in [0.25, 0.3) is 0 Å². The van der Waals surface area contributed by atoms with Gasteiger partial charge in [-0.2, -0.15) is 0 Å². The minimum atomic E-state index is -0.268. The van der Waals surface area contributed by atoms with E-state index in [9.17, 15) is 4.79 Å². The topological polar surface area (TPSA) is 75.3 Å². The summed E-state index contributed by atoms with van der Waals surface area (Å²) in [7, 11) is 4.53. The van der Waals surface area contributed by atoms with Crippen LogP contribution in [-0.4, -0.2) is 34.0 Å². The zero-order valence-corrected chi connectivity index (χ0v) is 16.8. The van der Waals surface area contributed by atoms with Gasteiger partial charge in [0.25, 0.3) is 5.91 Å². The molecule has 0 aromatic heterocycles. The molecule has 0 aliphatic carbocycles. The Morgan fingerprint density at radius 2 is 1.81 bits per heavy atom. The standard InChI is InChI=1S/C19H20BrNO6/c1-23-15-6-11(7-16(24-2)18(15)25-3)19(22)21-8-12-4-14(20)5-13-9-26-10-27-17(12)13/h4-7H,8-10H2,1-3H3,(H,21,22). The van der Waals surface area contributed by atoms with Crippen LogP contribution in [0.1, 0.15) is 21.5 Å². The summed E-state index contributed by atoms with van der Waals surface area (Å²) >= 11 is 3.48. The van der Waals surface area contributed by atoms with Crippen molar-refractivity contribution in [1.82, 2.24) is 5.32 Å². The van der Waals surface area contributed by atoms with E-state index in [-0.39, 0.29) is 12.7 Å². The molecule has 8 heteroatoms. The van der Waals surface area contributed by atoms with Crippen molar-refractivity contribution < 1.29 is 28.5 Å². The van der Waals surface area contributed by atoms with E-state index >= 15 is 0 Å². The third-order valence-electron chi connectivity index (χ3n) is 4.12. The van der Waals surface area contributed by atoms with Crippen molar-refractivity contribution in [2.45, 2.75) is 13.2 Å². The van der Waals surface area contributed by atoms with Crippen LogP contribution >= 0.6 is 15.9 Å². The Bertz CT molecular complexity index is 829. The molecule has 3 rings (SSSR count). The lowest BCUT2D eigenvalue weighted by atomic mass is 10.1. The summed E-state index contributed by atoms with van der Waals surface area (Å²) in [6.45, 7) is 0.975. The van der Waals surface area contributed by atoms with Gasteiger partial charge < -0.3 is 29.0 Å². The van der Waals surface area contributed by atoms with Gasteiger partial charge in [-0.05, 0) is 24.3 Å². The summed E-state index contributed by atoms with van der Waals surface area (Å²) < 4.78 is 27.7. The number of carbonyl (C=O) groups excluding carboxylic acids is 1. The van der Waals surface area contributed by atoms with Gasteiger partial charge in [-0.15, -0.1) is 0 Å². The molecule has 2 aromatic rings. The molecular formula is C19H20BrNO6. The number of halogens is 1. The van der Waals surface area contributed by atoms with Gasteiger partial charge in [-0.1, -0.05) is 15.9 Å². The number of hydrogen-bond acceptors (Lipinski definition) is 6. The van der Waals surface area contributed by atoms with Gasteiger partial charge in [-0.3, -0.25) is 4.79 Å². The number of nitrogens with one attached hydrogen (secondary N) is 1. The number of amides is 1. The lowest BCUT2D eigenvalue weighted by molar-refractivity contribution is -0.0171. The molecule has 144 valence electrons. The van der Waals surface area contributed by atoms with Crippen LogP contribution in [0, 0.1) is 0 Å². The highest BCUT2D eigenvalue weighted by molar-refractivity contribution is 9.10. The Hall–Kier alpha value is -2.45. The van der Waals surface area contributed by atoms with E-state index in [1.807, 2.05) is 12.1 Å². The molecule has 0 unspecified atom stereocenters. The normalized spacial score (nSPS) is 12.6. The van der Waals surface area contributed by atoms with Crippen molar-refractivity contribution in [2.75, 3.05) is 28.1 Å². The smallest absolute Gasteiger partial charge is 0.251 e. The Balaban J connectivity index is 1.82. The summed E-state index contributed by atoms with van der Waals surface area (Å²) in [4.78, 5) is 12.7. The third kappa shape index (κ3) is 4.12. The number of methoxy groups -OCH3 is 3. The Kier molecular flexibility index (Phi) is 6.08. The fourth-order valence-electron chi connectivity index (χ4n) is 2.88. The molecule has 0 spiro atoms. The molecule has 1 amide bonds. The first kappa shape index (κ1) is 19.3. The second kappa shape index (κ2) is 8.49. The number of hydrogen-bond donors (Lipinski definition) is 1. The van der Waals surface area contributed by atoms with Gasteiger partial charge in [0.1, 0.15) is 5.75 Å². The minimum absolute atomic E-state index is 0.197. The summed E-state index contributed by atoms with van der Waals surface area (Å²) in [5.74, 6) is 1.75. The van der Waals surface area contributed by atoms with E-state index in [1.54, 1.807) is 12.1 Å². The maximum atomic E-state index is 12.7. The zero-order chi connectivity index (χ0) is 19.4. The number of rotatable bonds is 6. The largest absolute Gasteiger partial charge is 0.493 e. The van der Waals surface area contributed by atoms with E-state index in [0.717, 1.165) is 21.3 Å². The van der Waals surface area contributed by atoms with Crippen LogP contribution in [0.2, 0.25) is 0 Å². The van der Waals surface area contributed by atoms with E-state index < -0.39 is 0 Å². The fourth-order valence-corrected chi connectivity index (χ4v) is 3.43. The Morgan fingerprint density at radius 1 is 1.11 bits per heavy atom. The van der Waals surface area contributed by atoms with E-state index in [2.05, 4.69) is 21.2 Å². The average molecular weight is 438 g/mol. The predicted octanol–water partition coefficient (Wildman–Crippen LogP) is 3.27. The van der Waals surface area contributed by atoms with Crippen LogP contribution in [0.3, 0.4) is 0 Å². The second-order valence-electron chi connectivity index (χ2n) is 5.76. The fraction of sp³-hybridized carbons (Fsp3) is 0.316. The minimum Gasteiger partial charge on any atom is -0.493 e. The van der Waals surface area contributed by atoms with Gasteiger partial charge in [0.15, 0.2) is 18.3 Å². The van der Waals surface area contributed by atoms with Gasteiger partial charge in [0, 0.05) is 27.7 Å². The molecule has 1 aliphatic heterocycles. The maximum absolute atomic E-state index is 12.7. The molecule has 0 bridgehead atoms. The third-order valence-corrected chi connectivity index (χ3v) is 4.58. The molecule has 1 heterocycles. The lowest BCUT2D eigenvalue weighted by Crippen LogP contribution is -2.24. The molecule has 0 atom stereocenters. The molecule has 0 saturated carbocycles. The average Bonchev–Trinajstić information content (AvgIpc) is 2.70. The van der Waals surface area contributed by atoms with E-state index in [0.29, 0.717) is 36.0 Å². The number of fused-ring (bicyclic) bond motifs is 1. The highest BCUT2D eigenvalue weighted by atomic mass is 79.9. The first-order valence-corrected chi connectivity index (χ1v) is 8.96. The number of ether oxygens (including phenoxy) is 5. The second-order valence-corrected chi connectivity index (χ2v) is 6.68. The Labute approximate surface area is 165 Å². The number of benzene rings is 2. The van der Waals surface area contributed by atoms with Crippen LogP contribution in [0.4, 0.5) is 0 Å². The molecule has 0 radical (unpaired) electrons. The quantitative estimate of drug-likeness (QED) is 0.747. The molecule has 27 heavy (non-hydrogen) atoms. The van der Waals surface area contributed by atoms with Gasteiger partial charge in [-0.25, -0.2) is 0 Å². The molecule has 0 saturated heterocycles. The molecular weight excluding hydrogens is 418 g/mol. The molecule has 7 nitrogen and oxygen atoms in total. The van der Waals surface area contributed by atoms with Gasteiger partial charge in [0.05, 0.1) is 27.9 Å². The SMILES string of the molecule is COc1cc(C(=O)NCc2cc(Br)cc3c2OCOC3)cc(OC)c1OC. The molecule has 1 aliphatic rings. The summed E-state index contributed by atoms with van der Waals surface area (Å²) in [6, 6.07) is 7.08. The van der Waals surface area contributed by atoms with Crippen molar-refractivity contribution in [2.24, 2.45) is 0 Å². The highest BCUT2D eigenvalue weighted by Crippen LogP contribution is 2.38. The summed E-state index contributed by atoms with van der Waals surface area (Å²) in [5.41, 5.74) is 2.20. The first-order chi connectivity index (χ1) is 13.1. The van der Waals surface area contributed by atoms with Gasteiger partial charge in [0.2, 0.25) is 5.75 Å². The Morgan fingerprint density at radius 3 is 2.44 bits per heavy atom. The molecule has 0 fully saturated rings. The monoisotopic (exact) mass is 437 g/mol. The van der Waals surface area contributed by atoms with Crippen LogP contribution in [-0.2, 0) is 17.9 Å². The lowest BCUT2D eigenvalue weighted by Gasteiger charge is -2.21. The van der Waals surface area contributed by atoms with Crippen LogP contribution < -0.4 is 24.3 Å². The van der Waals surface area contributed by atoms with E-state index in [4.69, 9.17) is 23.7 Å². The van der Waals surface area contributed by atoms with Crippen molar-refractivity contribution in [3.8, 4) is 23.0 Å². The van der Waals surface area contributed by atoms with Crippen LogP contribution in [0.5, 0.6) is 23.0 Å². The van der Waals surface area contributed by atoms with Gasteiger partial charge >= 0.3 is 0 Å². The van der Waals surface area contributed by atoms with Crippen LogP contribution in [0.15, 0.2) is 28.7 Å². The summed E-state index contributed by atoms with van der Waals surface area (Å²) in [6.07, 6.45) is 0. The molecule has 2 aromatic carbocycles. The van der Waals surface area contributed by atoms with Crippen molar-refractivity contribution >= 4 is 21.8 Å². The summed E-state index contributed by atoms with van der Waals surface area (Å²) in [5, 5.41) is 2.90. The zero-order valence-electron chi connectivity index (χ0n) is 15.3. The van der Waals surface area contributed by atoms with Crippen molar-refractivity contribution in [1.29, 1.82) is 0 Å². The number of carbonyl (C=O) groups is 1. The van der Waals surface area contributed by atoms with Crippen molar-refractivity contribution in [3.05, 3.63) is 45.4 Å². The van der Waals surface area contributed by atoms with E-state index in [1.165, 1.54) is 21.3 Å². The van der Waals surface area contributed by atoms with Crippen molar-refractivity contribution in [3.63, 3.8) is 0 Å². The maximum Gasteiger partial charge on any atom is 0.251 e. The first-order valence-electron chi connectivity index (χ1n) is 8.17. The molecule has 1 N–H and O–H groups in total.